The van der Waals surface area contributed by atoms with E-state index in [4.69, 9.17) is 4.74 Å². The predicted molar refractivity (Wildman–Crippen MR) is 99.7 cm³/mol. The minimum Gasteiger partial charge on any atom is -0.497 e. The SMILES string of the molecule is COc1ccc(C=CC(=O)N(C)CC(=O)Nc2ccccc2C(F)(F)F)cc1. The molecule has 2 amide bonds. The van der Waals surface area contributed by atoms with E-state index in [1.165, 1.54) is 25.3 Å². The summed E-state index contributed by atoms with van der Waals surface area (Å²) < 4.78 is 43.9. The van der Waals surface area contributed by atoms with Crippen LogP contribution in [0.2, 0.25) is 0 Å². The zero-order chi connectivity index (χ0) is 20.7. The predicted octanol–water partition coefficient (Wildman–Crippen LogP) is 3.82. The highest BCUT2D eigenvalue weighted by Gasteiger charge is 2.33. The first kappa shape index (κ1) is 21.0. The van der Waals surface area contributed by atoms with Gasteiger partial charge in [-0.05, 0) is 35.9 Å². The van der Waals surface area contributed by atoms with Crippen LogP contribution in [0.5, 0.6) is 5.75 Å². The van der Waals surface area contributed by atoms with Crippen molar-refractivity contribution < 1.29 is 27.5 Å². The second-order valence-corrected chi connectivity index (χ2v) is 5.89. The standard InChI is InChI=1S/C20H19F3N2O3/c1-25(19(27)12-9-14-7-10-15(28-2)11-8-14)13-18(26)24-17-6-4-3-5-16(17)20(21,22)23/h3-12H,13H2,1-2H3,(H,24,26). The number of ether oxygens (including phenoxy) is 1. The van der Waals surface area contributed by atoms with E-state index in [0.717, 1.165) is 22.6 Å². The van der Waals surface area contributed by atoms with Gasteiger partial charge < -0.3 is 15.0 Å². The molecule has 2 aromatic carbocycles. The largest absolute Gasteiger partial charge is 0.497 e. The molecule has 2 aromatic rings. The van der Waals surface area contributed by atoms with E-state index in [9.17, 15) is 22.8 Å². The highest BCUT2D eigenvalue weighted by molar-refractivity contribution is 5.98. The molecule has 5 nitrogen and oxygen atoms in total. The van der Waals surface area contributed by atoms with Crippen molar-refractivity contribution in [2.45, 2.75) is 6.18 Å². The van der Waals surface area contributed by atoms with E-state index in [2.05, 4.69) is 5.32 Å². The van der Waals surface area contributed by atoms with Crippen LogP contribution in [0, 0.1) is 0 Å². The van der Waals surface area contributed by atoms with Gasteiger partial charge in [-0.1, -0.05) is 24.3 Å². The first-order valence-corrected chi connectivity index (χ1v) is 8.24. The Labute approximate surface area is 160 Å². The summed E-state index contributed by atoms with van der Waals surface area (Å²) in [4.78, 5) is 25.3. The number of para-hydroxylation sites is 1. The summed E-state index contributed by atoms with van der Waals surface area (Å²) in [6, 6.07) is 11.6. The van der Waals surface area contributed by atoms with Gasteiger partial charge in [0.2, 0.25) is 11.8 Å². The Morgan fingerprint density at radius 3 is 2.36 bits per heavy atom. The fourth-order valence-electron chi connectivity index (χ4n) is 2.33. The average Bonchev–Trinajstić information content (AvgIpc) is 2.65. The molecule has 2 rings (SSSR count). The molecule has 8 heteroatoms. The highest BCUT2D eigenvalue weighted by Crippen LogP contribution is 2.34. The molecule has 0 aliphatic rings. The summed E-state index contributed by atoms with van der Waals surface area (Å²) in [5, 5.41) is 2.20. The first-order valence-electron chi connectivity index (χ1n) is 8.24. The first-order chi connectivity index (χ1) is 13.2. The summed E-state index contributed by atoms with van der Waals surface area (Å²) in [7, 11) is 2.93. The van der Waals surface area contributed by atoms with Gasteiger partial charge in [-0.15, -0.1) is 0 Å². The number of carbonyl (C=O) groups is 2. The average molecular weight is 392 g/mol. The number of rotatable bonds is 6. The number of hydrogen-bond acceptors (Lipinski definition) is 3. The van der Waals surface area contributed by atoms with Crippen molar-refractivity contribution >= 4 is 23.6 Å². The Morgan fingerprint density at radius 1 is 1.11 bits per heavy atom. The van der Waals surface area contributed by atoms with Gasteiger partial charge in [-0.2, -0.15) is 13.2 Å². The van der Waals surface area contributed by atoms with E-state index in [1.807, 2.05) is 0 Å². The van der Waals surface area contributed by atoms with Crippen LogP contribution in [-0.4, -0.2) is 37.4 Å². The minimum atomic E-state index is -4.59. The molecule has 0 spiro atoms. The number of methoxy groups -OCH3 is 1. The maximum atomic E-state index is 13.0. The van der Waals surface area contributed by atoms with Crippen LogP contribution in [0.15, 0.2) is 54.6 Å². The fraction of sp³-hybridized carbons (Fsp3) is 0.200. The third-order valence-electron chi connectivity index (χ3n) is 3.80. The molecule has 0 aliphatic heterocycles. The lowest BCUT2D eigenvalue weighted by molar-refractivity contribution is -0.137. The van der Waals surface area contributed by atoms with E-state index in [-0.39, 0.29) is 5.69 Å². The second kappa shape index (κ2) is 9.07. The van der Waals surface area contributed by atoms with Crippen molar-refractivity contribution in [1.29, 1.82) is 0 Å². The number of nitrogens with zero attached hydrogens (tertiary/aromatic N) is 1. The summed E-state index contributed by atoms with van der Waals surface area (Å²) in [5.74, 6) is -0.517. The number of amides is 2. The van der Waals surface area contributed by atoms with Gasteiger partial charge in [-0.25, -0.2) is 0 Å². The van der Waals surface area contributed by atoms with Crippen LogP contribution in [-0.2, 0) is 15.8 Å². The Morgan fingerprint density at radius 2 is 1.75 bits per heavy atom. The maximum absolute atomic E-state index is 13.0. The maximum Gasteiger partial charge on any atom is 0.418 e. The van der Waals surface area contributed by atoms with Crippen LogP contribution in [0.25, 0.3) is 6.08 Å². The third kappa shape index (κ3) is 5.87. The van der Waals surface area contributed by atoms with E-state index >= 15 is 0 Å². The van der Waals surface area contributed by atoms with Crippen molar-refractivity contribution in [3.8, 4) is 5.75 Å². The number of benzene rings is 2. The molecule has 0 heterocycles. The molecular formula is C20H19F3N2O3. The fourth-order valence-corrected chi connectivity index (χ4v) is 2.33. The number of likely N-dealkylation sites (N-methyl/N-ethyl adjacent to an activating group) is 1. The lowest BCUT2D eigenvalue weighted by atomic mass is 10.1. The topological polar surface area (TPSA) is 58.6 Å². The number of anilines is 1. The highest BCUT2D eigenvalue weighted by atomic mass is 19.4. The van der Waals surface area contributed by atoms with Crippen molar-refractivity contribution in [2.24, 2.45) is 0 Å². The Balaban J connectivity index is 1.96. The van der Waals surface area contributed by atoms with Gasteiger partial charge >= 0.3 is 6.18 Å². The molecule has 28 heavy (non-hydrogen) atoms. The molecule has 0 aromatic heterocycles. The molecule has 1 N–H and O–H groups in total. The molecular weight excluding hydrogens is 373 g/mol. The van der Waals surface area contributed by atoms with Crippen molar-refractivity contribution in [2.75, 3.05) is 26.0 Å². The summed E-state index contributed by atoms with van der Waals surface area (Å²) >= 11 is 0. The zero-order valence-electron chi connectivity index (χ0n) is 15.3. The van der Waals surface area contributed by atoms with Gasteiger partial charge in [0.05, 0.1) is 24.9 Å². The third-order valence-corrected chi connectivity index (χ3v) is 3.80. The van der Waals surface area contributed by atoms with Gasteiger partial charge in [0, 0.05) is 13.1 Å². The van der Waals surface area contributed by atoms with E-state index in [0.29, 0.717) is 5.75 Å². The quantitative estimate of drug-likeness (QED) is 0.761. The number of halogens is 3. The number of carbonyl (C=O) groups excluding carboxylic acids is 2. The Hall–Kier alpha value is -3.29. The lowest BCUT2D eigenvalue weighted by Gasteiger charge is -2.17. The van der Waals surface area contributed by atoms with Gasteiger partial charge in [0.15, 0.2) is 0 Å². The van der Waals surface area contributed by atoms with Gasteiger partial charge in [0.25, 0.3) is 0 Å². The number of nitrogens with one attached hydrogen (secondary N) is 1. The van der Waals surface area contributed by atoms with E-state index < -0.39 is 30.1 Å². The van der Waals surface area contributed by atoms with Crippen LogP contribution in [0.1, 0.15) is 11.1 Å². The molecule has 0 atom stereocenters. The number of hydrogen-bond donors (Lipinski definition) is 1. The second-order valence-electron chi connectivity index (χ2n) is 5.89. The van der Waals surface area contributed by atoms with Crippen LogP contribution >= 0.6 is 0 Å². The van der Waals surface area contributed by atoms with E-state index in [1.54, 1.807) is 37.5 Å². The molecule has 0 unspecified atom stereocenters. The molecule has 0 saturated carbocycles. The number of alkyl halides is 3. The summed E-state index contributed by atoms with van der Waals surface area (Å²) in [5.41, 5.74) is -0.544. The van der Waals surface area contributed by atoms with Crippen molar-refractivity contribution in [1.82, 2.24) is 4.90 Å². The van der Waals surface area contributed by atoms with Gasteiger partial charge in [-0.3, -0.25) is 9.59 Å². The molecule has 0 saturated heterocycles. The lowest BCUT2D eigenvalue weighted by Crippen LogP contribution is -2.34. The molecule has 0 radical (unpaired) electrons. The van der Waals surface area contributed by atoms with Crippen LogP contribution in [0.4, 0.5) is 18.9 Å². The monoisotopic (exact) mass is 392 g/mol. The summed E-state index contributed by atoms with van der Waals surface area (Å²) in [6.45, 7) is -0.391. The Bertz CT molecular complexity index is 862. The van der Waals surface area contributed by atoms with Crippen LogP contribution in [0.3, 0.4) is 0 Å². The minimum absolute atomic E-state index is 0.352. The smallest absolute Gasteiger partial charge is 0.418 e. The van der Waals surface area contributed by atoms with Crippen molar-refractivity contribution in [3.63, 3.8) is 0 Å². The van der Waals surface area contributed by atoms with Crippen molar-refractivity contribution in [3.05, 3.63) is 65.7 Å². The molecule has 0 aliphatic carbocycles. The molecule has 0 fully saturated rings. The zero-order valence-corrected chi connectivity index (χ0v) is 15.3. The van der Waals surface area contributed by atoms with Gasteiger partial charge in [0.1, 0.15) is 5.75 Å². The Kier molecular flexibility index (Phi) is 6.81. The molecule has 0 bridgehead atoms. The summed E-state index contributed by atoms with van der Waals surface area (Å²) in [6.07, 6.45) is -1.75. The molecule has 148 valence electrons. The normalized spacial score (nSPS) is 11.3. The van der Waals surface area contributed by atoms with Crippen LogP contribution < -0.4 is 10.1 Å².